The van der Waals surface area contributed by atoms with Gasteiger partial charge in [0.25, 0.3) is 0 Å². The van der Waals surface area contributed by atoms with E-state index in [9.17, 15) is 0 Å². The van der Waals surface area contributed by atoms with E-state index in [1.165, 1.54) is 24.9 Å². The molecule has 0 aromatic carbocycles. The Morgan fingerprint density at radius 2 is 2.24 bits per heavy atom. The van der Waals surface area contributed by atoms with Crippen LogP contribution in [0.2, 0.25) is 0 Å². The lowest BCUT2D eigenvalue weighted by Gasteiger charge is -2.21. The number of likely N-dealkylation sites (tertiary alicyclic amines) is 1. The lowest BCUT2D eigenvalue weighted by molar-refractivity contribution is 0.261. The smallest absolute Gasteiger partial charge is 0.160 e. The molecule has 1 aliphatic rings. The minimum atomic E-state index is 0.441. The van der Waals surface area contributed by atoms with Gasteiger partial charge in [-0.25, -0.2) is 0 Å². The van der Waals surface area contributed by atoms with Gasteiger partial charge in [0.15, 0.2) is 11.5 Å². The van der Waals surface area contributed by atoms with Gasteiger partial charge in [-0.1, -0.05) is 13.0 Å². The molecule has 1 fully saturated rings. The number of fused-ring (bicyclic) bond motifs is 1. The van der Waals surface area contributed by atoms with Crippen molar-refractivity contribution in [3.05, 3.63) is 29.7 Å². The minimum absolute atomic E-state index is 0.441. The molecule has 1 atom stereocenters. The van der Waals surface area contributed by atoms with Gasteiger partial charge in [0.05, 0.1) is 6.04 Å². The van der Waals surface area contributed by atoms with Gasteiger partial charge in [-0.15, -0.1) is 10.2 Å². The Bertz CT molecular complexity index is 531. The van der Waals surface area contributed by atoms with Crippen molar-refractivity contribution in [2.24, 2.45) is 0 Å². The minimum Gasteiger partial charge on any atom is -0.294 e. The Kier molecular flexibility index (Phi) is 2.59. The second-order valence-corrected chi connectivity index (χ2v) is 4.78. The maximum Gasteiger partial charge on any atom is 0.160 e. The van der Waals surface area contributed by atoms with Crippen molar-refractivity contribution < 1.29 is 0 Å². The van der Waals surface area contributed by atoms with Crippen molar-refractivity contribution in [3.63, 3.8) is 0 Å². The molecule has 4 heteroatoms. The van der Waals surface area contributed by atoms with E-state index >= 15 is 0 Å². The van der Waals surface area contributed by atoms with Crippen LogP contribution in [0.3, 0.4) is 0 Å². The molecule has 1 unspecified atom stereocenters. The summed E-state index contributed by atoms with van der Waals surface area (Å²) in [6, 6.07) is 4.56. The number of pyridine rings is 1. The summed E-state index contributed by atoms with van der Waals surface area (Å²) in [5, 5.41) is 8.65. The standard InChI is InChI=1S/C13H18N4/c1-3-16-8-4-5-11(16)13-15-14-12-7-6-10(2)9-17(12)13/h6-7,9,11H,3-5,8H2,1-2H3. The van der Waals surface area contributed by atoms with Crippen molar-refractivity contribution in [3.8, 4) is 0 Å². The summed E-state index contributed by atoms with van der Waals surface area (Å²) in [6.07, 6.45) is 4.60. The van der Waals surface area contributed by atoms with E-state index in [0.29, 0.717) is 6.04 Å². The number of nitrogens with zero attached hydrogens (tertiary/aromatic N) is 4. The lowest BCUT2D eigenvalue weighted by atomic mass is 10.2. The van der Waals surface area contributed by atoms with Crippen LogP contribution in [0.1, 0.15) is 37.2 Å². The Hall–Kier alpha value is -1.42. The van der Waals surface area contributed by atoms with Crippen LogP contribution in [0.25, 0.3) is 5.65 Å². The first kappa shape index (κ1) is 10.7. The van der Waals surface area contributed by atoms with E-state index in [0.717, 1.165) is 18.0 Å². The van der Waals surface area contributed by atoms with Gasteiger partial charge >= 0.3 is 0 Å². The molecule has 0 radical (unpaired) electrons. The molecular formula is C13H18N4. The summed E-state index contributed by atoms with van der Waals surface area (Å²) in [5.74, 6) is 1.10. The molecule has 0 amide bonds. The largest absolute Gasteiger partial charge is 0.294 e. The fourth-order valence-electron chi connectivity index (χ4n) is 2.74. The van der Waals surface area contributed by atoms with Crippen LogP contribution in [-0.4, -0.2) is 32.6 Å². The molecule has 4 nitrogen and oxygen atoms in total. The van der Waals surface area contributed by atoms with Crippen LogP contribution in [0, 0.1) is 6.92 Å². The van der Waals surface area contributed by atoms with E-state index in [-0.39, 0.29) is 0 Å². The van der Waals surface area contributed by atoms with Gasteiger partial charge in [0, 0.05) is 6.20 Å². The van der Waals surface area contributed by atoms with E-state index < -0.39 is 0 Å². The SMILES string of the molecule is CCN1CCCC1c1nnc2ccc(C)cn12. The summed E-state index contributed by atoms with van der Waals surface area (Å²) in [6.45, 7) is 6.59. The molecular weight excluding hydrogens is 212 g/mol. The first-order chi connectivity index (χ1) is 8.29. The van der Waals surface area contributed by atoms with Crippen molar-refractivity contribution in [2.45, 2.75) is 32.7 Å². The maximum absolute atomic E-state index is 4.39. The highest BCUT2D eigenvalue weighted by Gasteiger charge is 2.28. The quantitative estimate of drug-likeness (QED) is 0.793. The van der Waals surface area contributed by atoms with E-state index in [1.807, 2.05) is 6.07 Å². The molecule has 0 saturated carbocycles. The third-order valence-corrected chi connectivity index (χ3v) is 3.64. The van der Waals surface area contributed by atoms with Gasteiger partial charge in [-0.05, 0) is 44.5 Å². The number of aromatic nitrogens is 3. The highest BCUT2D eigenvalue weighted by Crippen LogP contribution is 2.30. The fourth-order valence-corrected chi connectivity index (χ4v) is 2.74. The third kappa shape index (κ3) is 1.72. The first-order valence-electron chi connectivity index (χ1n) is 6.35. The van der Waals surface area contributed by atoms with Crippen LogP contribution >= 0.6 is 0 Å². The molecule has 90 valence electrons. The molecule has 2 aromatic heterocycles. The zero-order valence-electron chi connectivity index (χ0n) is 10.4. The third-order valence-electron chi connectivity index (χ3n) is 3.64. The Morgan fingerprint density at radius 1 is 1.35 bits per heavy atom. The Balaban J connectivity index is 2.07. The van der Waals surface area contributed by atoms with Gasteiger partial charge in [0.1, 0.15) is 0 Å². The monoisotopic (exact) mass is 230 g/mol. The zero-order chi connectivity index (χ0) is 11.8. The molecule has 0 spiro atoms. The summed E-state index contributed by atoms with van der Waals surface area (Å²) in [7, 11) is 0. The average Bonchev–Trinajstić information content (AvgIpc) is 2.93. The van der Waals surface area contributed by atoms with E-state index in [2.05, 4.69) is 45.6 Å². The average molecular weight is 230 g/mol. The van der Waals surface area contributed by atoms with Crippen LogP contribution in [0.15, 0.2) is 18.3 Å². The number of aryl methyl sites for hydroxylation is 1. The Labute approximate surface area is 101 Å². The van der Waals surface area contributed by atoms with Crippen LogP contribution < -0.4 is 0 Å². The van der Waals surface area contributed by atoms with Crippen molar-refractivity contribution in [1.82, 2.24) is 19.5 Å². The van der Waals surface area contributed by atoms with Gasteiger partial charge in [0.2, 0.25) is 0 Å². The first-order valence-corrected chi connectivity index (χ1v) is 6.35. The van der Waals surface area contributed by atoms with Gasteiger partial charge in [-0.3, -0.25) is 9.30 Å². The van der Waals surface area contributed by atoms with Crippen LogP contribution in [0.5, 0.6) is 0 Å². The Morgan fingerprint density at radius 3 is 3.06 bits per heavy atom. The normalized spacial score (nSPS) is 21.4. The molecule has 17 heavy (non-hydrogen) atoms. The molecule has 2 aromatic rings. The highest BCUT2D eigenvalue weighted by atomic mass is 15.3. The van der Waals surface area contributed by atoms with E-state index in [1.54, 1.807) is 0 Å². The molecule has 1 saturated heterocycles. The van der Waals surface area contributed by atoms with Crippen LogP contribution in [0.4, 0.5) is 0 Å². The summed E-state index contributed by atoms with van der Waals surface area (Å²) in [4.78, 5) is 2.48. The highest BCUT2D eigenvalue weighted by molar-refractivity contribution is 5.39. The molecule has 0 bridgehead atoms. The summed E-state index contributed by atoms with van der Waals surface area (Å²) < 4.78 is 2.15. The van der Waals surface area contributed by atoms with Crippen molar-refractivity contribution >= 4 is 5.65 Å². The topological polar surface area (TPSA) is 33.4 Å². The van der Waals surface area contributed by atoms with Gasteiger partial charge in [-0.2, -0.15) is 0 Å². The van der Waals surface area contributed by atoms with Crippen molar-refractivity contribution in [1.29, 1.82) is 0 Å². The van der Waals surface area contributed by atoms with Gasteiger partial charge < -0.3 is 0 Å². The molecule has 0 N–H and O–H groups in total. The summed E-state index contributed by atoms with van der Waals surface area (Å²) in [5.41, 5.74) is 2.20. The summed E-state index contributed by atoms with van der Waals surface area (Å²) >= 11 is 0. The molecule has 1 aliphatic heterocycles. The zero-order valence-corrected chi connectivity index (χ0v) is 10.4. The second-order valence-electron chi connectivity index (χ2n) is 4.78. The lowest BCUT2D eigenvalue weighted by Crippen LogP contribution is -2.24. The predicted octanol–water partition coefficient (Wildman–Crippen LogP) is 2.19. The fraction of sp³-hybridized carbons (Fsp3) is 0.538. The number of hydrogen-bond donors (Lipinski definition) is 0. The molecule has 3 rings (SSSR count). The number of rotatable bonds is 2. The maximum atomic E-state index is 4.39. The molecule has 3 heterocycles. The number of hydrogen-bond acceptors (Lipinski definition) is 3. The van der Waals surface area contributed by atoms with E-state index in [4.69, 9.17) is 0 Å². The second kappa shape index (κ2) is 4.11. The molecule has 0 aliphatic carbocycles. The van der Waals surface area contributed by atoms with Crippen LogP contribution in [-0.2, 0) is 0 Å². The predicted molar refractivity (Wildman–Crippen MR) is 66.9 cm³/mol. The van der Waals surface area contributed by atoms with Crippen molar-refractivity contribution in [2.75, 3.05) is 13.1 Å².